The number of carbonyl (C=O) groups is 2. The van der Waals surface area contributed by atoms with Crippen LogP contribution in [0.15, 0.2) is 54.7 Å². The minimum absolute atomic E-state index is 0. The Bertz CT molecular complexity index is 919. The highest BCUT2D eigenvalue weighted by molar-refractivity contribution is 5.96. The molecular weight excluding hydrogens is 398 g/mol. The van der Waals surface area contributed by atoms with E-state index in [-0.39, 0.29) is 30.0 Å². The molecule has 3 rings (SSSR count). The van der Waals surface area contributed by atoms with E-state index < -0.39 is 6.09 Å². The maximum Gasteiger partial charge on any atom is 0.272 e. The predicted octanol–water partition coefficient (Wildman–Crippen LogP) is 2.49. The number of ether oxygens (including phenoxy) is 2. The van der Waals surface area contributed by atoms with Crippen LogP contribution in [0.4, 0.5) is 10.5 Å². The Morgan fingerprint density at radius 1 is 1.14 bits per heavy atom. The summed E-state index contributed by atoms with van der Waals surface area (Å²) >= 11 is 0. The zero-order valence-corrected chi connectivity index (χ0v) is 16.7. The van der Waals surface area contributed by atoms with Gasteiger partial charge in [0.15, 0.2) is 11.5 Å². The molecule has 1 atom stereocenters. The van der Waals surface area contributed by atoms with Gasteiger partial charge in [-0.25, -0.2) is 10.4 Å². The molecule has 2 aromatic carbocycles. The normalized spacial score (nSPS) is 15.2. The molecule has 9 heteroatoms. The average molecular weight is 419 g/mol. The van der Waals surface area contributed by atoms with Crippen LogP contribution in [-0.4, -0.2) is 31.2 Å². The van der Waals surface area contributed by atoms with Crippen LogP contribution in [0.2, 0.25) is 0 Å². The molecular formula is C20H21ClN3O5-. The van der Waals surface area contributed by atoms with E-state index >= 15 is 0 Å². The largest absolute Gasteiger partial charge is 0.530 e. The van der Waals surface area contributed by atoms with Gasteiger partial charge in [0.2, 0.25) is 0 Å². The molecule has 1 heterocycles. The van der Waals surface area contributed by atoms with E-state index in [0.29, 0.717) is 23.5 Å². The van der Waals surface area contributed by atoms with Crippen molar-refractivity contribution in [1.29, 1.82) is 0 Å². The number of methoxy groups -OCH3 is 2. The number of carboxylic acid groups (broad SMARTS) is 1. The lowest BCUT2D eigenvalue weighted by molar-refractivity contribution is -0.242. The summed E-state index contributed by atoms with van der Waals surface area (Å²) in [5.74, 6) is 0.918. The Kier molecular flexibility index (Phi) is 7.46. The number of nitrogens with one attached hydrogen (secondary N) is 2. The Hall–Kier alpha value is -3.23. The van der Waals surface area contributed by atoms with Crippen molar-refractivity contribution in [2.75, 3.05) is 19.5 Å². The molecule has 0 bridgehead atoms. The van der Waals surface area contributed by atoms with Gasteiger partial charge in [0.05, 0.1) is 20.3 Å². The Labute approximate surface area is 174 Å². The van der Waals surface area contributed by atoms with Crippen LogP contribution < -0.4 is 25.3 Å². The third-order valence-electron chi connectivity index (χ3n) is 4.31. The van der Waals surface area contributed by atoms with Crippen LogP contribution in [0.1, 0.15) is 28.4 Å². The summed E-state index contributed by atoms with van der Waals surface area (Å²) in [6.07, 6.45) is 2.79. The van der Waals surface area contributed by atoms with E-state index in [1.165, 1.54) is 11.1 Å². The van der Waals surface area contributed by atoms with Crippen LogP contribution in [0.25, 0.3) is 0 Å². The number of rotatable bonds is 5. The van der Waals surface area contributed by atoms with Crippen LogP contribution >= 0.6 is 12.4 Å². The van der Waals surface area contributed by atoms with E-state index in [1.807, 2.05) is 24.3 Å². The third-order valence-corrected chi connectivity index (χ3v) is 4.31. The second-order valence-corrected chi connectivity index (χ2v) is 6.08. The number of anilines is 1. The quantitative estimate of drug-likeness (QED) is 0.773. The SMILES string of the molecule is COc1ccc(C2CC=CN(C(=O)c3cccc(NC(=O)[O-])c3)N2)cc1OC.Cl. The van der Waals surface area contributed by atoms with E-state index in [0.717, 1.165) is 5.56 Å². The molecule has 0 aliphatic carbocycles. The van der Waals surface area contributed by atoms with Crippen molar-refractivity contribution in [3.63, 3.8) is 0 Å². The maximum atomic E-state index is 12.8. The van der Waals surface area contributed by atoms with E-state index in [9.17, 15) is 14.7 Å². The number of benzene rings is 2. The molecule has 0 radical (unpaired) electrons. The summed E-state index contributed by atoms with van der Waals surface area (Å²) in [7, 11) is 3.14. The first kappa shape index (κ1) is 22.1. The summed E-state index contributed by atoms with van der Waals surface area (Å²) < 4.78 is 10.6. The van der Waals surface area contributed by atoms with Gasteiger partial charge in [-0.15, -0.1) is 12.4 Å². The lowest BCUT2D eigenvalue weighted by atomic mass is 10.0. The second-order valence-electron chi connectivity index (χ2n) is 6.08. The van der Waals surface area contributed by atoms with Gasteiger partial charge >= 0.3 is 0 Å². The monoisotopic (exact) mass is 418 g/mol. The standard InChI is InChI=1S/C20H21N3O5.ClH/c1-27-17-9-8-13(12-18(17)28-2)16-7-4-10-23(22-16)19(24)14-5-3-6-15(11-14)21-20(25)26;/h3-6,8-12,16,21-22H,7H2,1-2H3,(H,25,26);1H/p-1. The van der Waals surface area contributed by atoms with Crippen molar-refractivity contribution in [1.82, 2.24) is 10.4 Å². The summed E-state index contributed by atoms with van der Waals surface area (Å²) in [6, 6.07) is 11.6. The third kappa shape index (κ3) is 5.18. The first-order chi connectivity index (χ1) is 13.5. The highest BCUT2D eigenvalue weighted by Gasteiger charge is 2.23. The fourth-order valence-corrected chi connectivity index (χ4v) is 2.96. The molecule has 0 fully saturated rings. The molecule has 0 spiro atoms. The summed E-state index contributed by atoms with van der Waals surface area (Å²) in [6.45, 7) is 0. The minimum atomic E-state index is -1.44. The lowest BCUT2D eigenvalue weighted by Gasteiger charge is -2.30. The Balaban J connectivity index is 0.00000300. The van der Waals surface area contributed by atoms with E-state index in [1.54, 1.807) is 38.6 Å². The zero-order chi connectivity index (χ0) is 20.1. The van der Waals surface area contributed by atoms with Crippen LogP contribution in [-0.2, 0) is 0 Å². The predicted molar refractivity (Wildman–Crippen MR) is 108 cm³/mol. The number of carbonyl (C=O) groups excluding carboxylic acids is 2. The van der Waals surface area contributed by atoms with Crippen molar-refractivity contribution in [2.45, 2.75) is 12.5 Å². The van der Waals surface area contributed by atoms with E-state index in [4.69, 9.17) is 9.47 Å². The first-order valence-electron chi connectivity index (χ1n) is 8.58. The van der Waals surface area contributed by atoms with Crippen molar-refractivity contribution in [2.24, 2.45) is 0 Å². The molecule has 0 aromatic heterocycles. The fourth-order valence-electron chi connectivity index (χ4n) is 2.96. The first-order valence-corrected chi connectivity index (χ1v) is 8.58. The van der Waals surface area contributed by atoms with Gasteiger partial charge in [0, 0.05) is 17.5 Å². The molecule has 29 heavy (non-hydrogen) atoms. The van der Waals surface area contributed by atoms with Gasteiger partial charge in [0.1, 0.15) is 6.09 Å². The summed E-state index contributed by atoms with van der Waals surface area (Å²) in [5.41, 5.74) is 4.70. The van der Waals surface area contributed by atoms with E-state index in [2.05, 4.69) is 10.7 Å². The molecule has 1 aliphatic rings. The fraction of sp³-hybridized carbons (Fsp3) is 0.200. The van der Waals surface area contributed by atoms with Gasteiger partial charge in [-0.3, -0.25) is 4.79 Å². The van der Waals surface area contributed by atoms with Crippen molar-refractivity contribution < 1.29 is 24.2 Å². The highest BCUT2D eigenvalue weighted by atomic mass is 35.5. The zero-order valence-electron chi connectivity index (χ0n) is 15.9. The Morgan fingerprint density at radius 3 is 2.59 bits per heavy atom. The number of nitrogens with zero attached hydrogens (tertiary/aromatic N) is 1. The number of hydrogen-bond donors (Lipinski definition) is 2. The second kappa shape index (κ2) is 9.81. The number of amides is 2. The van der Waals surface area contributed by atoms with Crippen LogP contribution in [0.3, 0.4) is 0 Å². The molecule has 1 aliphatic heterocycles. The van der Waals surface area contributed by atoms with Crippen LogP contribution in [0, 0.1) is 0 Å². The highest BCUT2D eigenvalue weighted by Crippen LogP contribution is 2.32. The van der Waals surface area contributed by atoms with Gasteiger partial charge in [-0.2, -0.15) is 0 Å². The molecule has 154 valence electrons. The van der Waals surface area contributed by atoms with Crippen molar-refractivity contribution in [3.8, 4) is 11.5 Å². The molecule has 0 saturated heterocycles. The molecule has 0 saturated carbocycles. The van der Waals surface area contributed by atoms with Gasteiger partial charge in [0.25, 0.3) is 5.91 Å². The van der Waals surface area contributed by atoms with Gasteiger partial charge in [-0.1, -0.05) is 18.2 Å². The summed E-state index contributed by atoms with van der Waals surface area (Å²) in [5, 5.41) is 14.2. The summed E-state index contributed by atoms with van der Waals surface area (Å²) in [4.78, 5) is 23.5. The topological polar surface area (TPSA) is 103 Å². The van der Waals surface area contributed by atoms with Crippen molar-refractivity contribution in [3.05, 3.63) is 65.9 Å². The lowest BCUT2D eigenvalue weighted by Crippen LogP contribution is -2.43. The van der Waals surface area contributed by atoms with Crippen LogP contribution in [0.5, 0.6) is 11.5 Å². The smallest absolute Gasteiger partial charge is 0.272 e. The number of hydrazine groups is 1. The molecule has 8 nitrogen and oxygen atoms in total. The van der Waals surface area contributed by atoms with Crippen molar-refractivity contribution >= 4 is 30.1 Å². The minimum Gasteiger partial charge on any atom is -0.530 e. The van der Waals surface area contributed by atoms with Gasteiger partial charge in [-0.05, 0) is 42.3 Å². The van der Waals surface area contributed by atoms with Gasteiger partial charge < -0.3 is 24.7 Å². The maximum absolute atomic E-state index is 12.8. The molecule has 2 aromatic rings. The average Bonchev–Trinajstić information content (AvgIpc) is 2.72. The number of hydrogen-bond acceptors (Lipinski definition) is 6. The number of halogens is 1. The molecule has 2 N–H and O–H groups in total. The molecule has 2 amide bonds. The molecule has 1 unspecified atom stereocenters. The Morgan fingerprint density at radius 2 is 1.90 bits per heavy atom.